The van der Waals surface area contributed by atoms with Crippen molar-refractivity contribution in [1.82, 2.24) is 29.4 Å². The van der Waals surface area contributed by atoms with Crippen LogP contribution in [0.15, 0.2) is 24.3 Å². The number of rotatable bonds is 8. The number of sulfonamides is 1. The monoisotopic (exact) mass is 428 g/mol. The minimum atomic E-state index is -3.49. The van der Waals surface area contributed by atoms with E-state index in [1.165, 1.54) is 4.31 Å². The van der Waals surface area contributed by atoms with Crippen LogP contribution in [0.1, 0.15) is 17.8 Å². The topological polar surface area (TPSA) is 93.4 Å². The van der Waals surface area contributed by atoms with Gasteiger partial charge in [-0.25, -0.2) is 13.1 Å². The van der Waals surface area contributed by atoms with E-state index in [-0.39, 0.29) is 5.75 Å². The van der Waals surface area contributed by atoms with Crippen molar-refractivity contribution in [3.63, 3.8) is 0 Å². The van der Waals surface area contributed by atoms with Gasteiger partial charge in [0.1, 0.15) is 0 Å². The molecule has 0 bridgehead atoms. The molecule has 11 heteroatoms. The number of hydrogen-bond donors (Lipinski definition) is 0. The Kier molecular flexibility index (Phi) is 6.35. The molecule has 1 saturated heterocycles. The van der Waals surface area contributed by atoms with Gasteiger partial charge in [-0.1, -0.05) is 23.7 Å². The Hall–Kier alpha value is -1.59. The molecule has 1 fully saturated rings. The van der Waals surface area contributed by atoms with Gasteiger partial charge in [-0.2, -0.15) is 4.31 Å². The number of hydrogen-bond acceptors (Lipinski definition) is 7. The van der Waals surface area contributed by atoms with Crippen LogP contribution < -0.4 is 0 Å². The molecule has 0 saturated carbocycles. The Balaban J connectivity index is 1.84. The van der Waals surface area contributed by atoms with Crippen LogP contribution >= 0.6 is 11.6 Å². The van der Waals surface area contributed by atoms with Crippen molar-refractivity contribution in [2.75, 3.05) is 40.9 Å². The first-order valence-electron chi connectivity index (χ1n) is 8.94. The molecule has 0 N–H and O–H groups in total. The van der Waals surface area contributed by atoms with E-state index in [0.717, 1.165) is 0 Å². The van der Waals surface area contributed by atoms with Gasteiger partial charge in [-0.3, -0.25) is 4.90 Å². The summed E-state index contributed by atoms with van der Waals surface area (Å²) in [6.45, 7) is 1.68. The fraction of sp³-hybridized carbons (Fsp3) is 0.588. The standard InChI is InChI=1S/C17H25ClN6O3S/c1-22(2)17(16-19-20-21-24(16)10-11-27-3)8-9-23(13-17)28(25,26)12-14-4-6-15(18)7-5-14/h4-7H,8-13H2,1-3H3. The molecule has 3 rings (SSSR count). The normalized spacial score (nSPS) is 20.9. The van der Waals surface area contributed by atoms with Gasteiger partial charge in [-0.05, 0) is 48.6 Å². The number of methoxy groups -OCH3 is 1. The summed E-state index contributed by atoms with van der Waals surface area (Å²) in [7, 11) is 1.97. The van der Waals surface area contributed by atoms with Gasteiger partial charge in [0.25, 0.3) is 0 Å². The summed E-state index contributed by atoms with van der Waals surface area (Å²) in [6, 6.07) is 6.87. The highest BCUT2D eigenvalue weighted by atomic mass is 35.5. The van der Waals surface area contributed by atoms with Crippen LogP contribution in [0, 0.1) is 0 Å². The van der Waals surface area contributed by atoms with Crippen molar-refractivity contribution < 1.29 is 13.2 Å². The van der Waals surface area contributed by atoms with Gasteiger partial charge in [0.05, 0.1) is 24.4 Å². The number of ether oxygens (including phenoxy) is 1. The summed E-state index contributed by atoms with van der Waals surface area (Å²) >= 11 is 5.89. The summed E-state index contributed by atoms with van der Waals surface area (Å²) in [5.74, 6) is 0.584. The lowest BCUT2D eigenvalue weighted by Crippen LogP contribution is -2.47. The predicted octanol–water partition coefficient (Wildman–Crippen LogP) is 0.966. The quantitative estimate of drug-likeness (QED) is 0.618. The molecule has 1 atom stereocenters. The third-order valence-electron chi connectivity index (χ3n) is 5.18. The number of benzene rings is 1. The van der Waals surface area contributed by atoms with E-state index in [2.05, 4.69) is 15.5 Å². The van der Waals surface area contributed by atoms with Gasteiger partial charge in [0.15, 0.2) is 5.82 Å². The molecule has 9 nitrogen and oxygen atoms in total. The maximum absolute atomic E-state index is 13.0. The van der Waals surface area contributed by atoms with Crippen LogP contribution in [-0.2, 0) is 32.6 Å². The summed E-state index contributed by atoms with van der Waals surface area (Å²) in [4.78, 5) is 2.00. The molecule has 0 aliphatic carbocycles. The highest BCUT2D eigenvalue weighted by molar-refractivity contribution is 7.88. The number of likely N-dealkylation sites (N-methyl/N-ethyl adjacent to an activating group) is 1. The summed E-state index contributed by atoms with van der Waals surface area (Å²) < 4.78 is 34.4. The number of aromatic nitrogens is 4. The van der Waals surface area contributed by atoms with Crippen molar-refractivity contribution in [3.05, 3.63) is 40.7 Å². The van der Waals surface area contributed by atoms with Crippen LogP contribution in [0.25, 0.3) is 0 Å². The minimum Gasteiger partial charge on any atom is -0.383 e. The molecule has 154 valence electrons. The van der Waals surface area contributed by atoms with E-state index in [4.69, 9.17) is 16.3 Å². The van der Waals surface area contributed by atoms with Gasteiger partial charge in [0.2, 0.25) is 10.0 Å². The molecule has 1 aliphatic rings. The van der Waals surface area contributed by atoms with Crippen LogP contribution in [0.5, 0.6) is 0 Å². The minimum absolute atomic E-state index is 0.0672. The van der Waals surface area contributed by atoms with Crippen molar-refractivity contribution in [2.24, 2.45) is 0 Å². The summed E-state index contributed by atoms with van der Waals surface area (Å²) in [6.07, 6.45) is 0.604. The molecule has 1 unspecified atom stereocenters. The van der Waals surface area contributed by atoms with E-state index < -0.39 is 15.6 Å². The van der Waals surface area contributed by atoms with E-state index >= 15 is 0 Å². The van der Waals surface area contributed by atoms with Crippen LogP contribution in [0.3, 0.4) is 0 Å². The zero-order valence-electron chi connectivity index (χ0n) is 16.2. The maximum atomic E-state index is 13.0. The largest absolute Gasteiger partial charge is 0.383 e. The van der Waals surface area contributed by atoms with Crippen LogP contribution in [0.4, 0.5) is 0 Å². The van der Waals surface area contributed by atoms with E-state index in [1.807, 2.05) is 19.0 Å². The van der Waals surface area contributed by atoms with E-state index in [9.17, 15) is 8.42 Å². The second kappa shape index (κ2) is 8.42. The maximum Gasteiger partial charge on any atom is 0.218 e. The zero-order chi connectivity index (χ0) is 20.4. The lowest BCUT2D eigenvalue weighted by molar-refractivity contribution is 0.138. The lowest BCUT2D eigenvalue weighted by Gasteiger charge is -2.34. The van der Waals surface area contributed by atoms with Crippen molar-refractivity contribution in [1.29, 1.82) is 0 Å². The Morgan fingerprint density at radius 3 is 2.64 bits per heavy atom. The zero-order valence-corrected chi connectivity index (χ0v) is 17.8. The van der Waals surface area contributed by atoms with Crippen molar-refractivity contribution in [3.8, 4) is 0 Å². The number of halogens is 1. The van der Waals surface area contributed by atoms with E-state index in [1.54, 1.807) is 36.1 Å². The Morgan fingerprint density at radius 2 is 2.00 bits per heavy atom. The molecule has 1 aromatic carbocycles. The molecule has 0 radical (unpaired) electrons. The first-order chi connectivity index (χ1) is 13.3. The fourth-order valence-corrected chi connectivity index (χ4v) is 5.20. The molecule has 0 amide bonds. The molecule has 2 aromatic rings. The van der Waals surface area contributed by atoms with E-state index in [0.29, 0.717) is 49.1 Å². The molecule has 28 heavy (non-hydrogen) atoms. The SMILES string of the molecule is COCCn1nnnc1C1(N(C)C)CCN(S(=O)(=O)Cc2ccc(Cl)cc2)C1. The first kappa shape index (κ1) is 21.1. The highest BCUT2D eigenvalue weighted by Crippen LogP contribution is 2.36. The second-order valence-corrected chi connectivity index (χ2v) is 9.52. The van der Waals surface area contributed by atoms with Crippen LogP contribution in [0.2, 0.25) is 5.02 Å². The van der Waals surface area contributed by atoms with Crippen molar-refractivity contribution in [2.45, 2.75) is 24.3 Å². The second-order valence-electron chi connectivity index (χ2n) is 7.11. The summed E-state index contributed by atoms with van der Waals surface area (Å²) in [5.41, 5.74) is 0.112. The molecule has 2 heterocycles. The summed E-state index contributed by atoms with van der Waals surface area (Å²) in [5, 5.41) is 12.7. The first-order valence-corrected chi connectivity index (χ1v) is 10.9. The fourth-order valence-electron chi connectivity index (χ4n) is 3.49. The molecular formula is C17H25ClN6O3S. The Labute approximate surface area is 170 Å². The smallest absolute Gasteiger partial charge is 0.218 e. The molecule has 0 spiro atoms. The Bertz CT molecular complexity index is 902. The van der Waals surface area contributed by atoms with Crippen LogP contribution in [-0.4, -0.2) is 78.7 Å². The average Bonchev–Trinajstić information content (AvgIpc) is 3.29. The lowest BCUT2D eigenvalue weighted by atomic mass is 9.96. The number of tetrazole rings is 1. The molecular weight excluding hydrogens is 404 g/mol. The van der Waals surface area contributed by atoms with Gasteiger partial charge in [-0.15, -0.1) is 5.10 Å². The van der Waals surface area contributed by atoms with Gasteiger partial charge >= 0.3 is 0 Å². The molecule has 1 aliphatic heterocycles. The number of nitrogens with zero attached hydrogens (tertiary/aromatic N) is 6. The van der Waals surface area contributed by atoms with Crippen molar-refractivity contribution >= 4 is 21.6 Å². The third-order valence-corrected chi connectivity index (χ3v) is 7.23. The third kappa shape index (κ3) is 4.20. The van der Waals surface area contributed by atoms with Gasteiger partial charge < -0.3 is 4.74 Å². The Morgan fingerprint density at radius 1 is 1.29 bits per heavy atom. The predicted molar refractivity (Wildman–Crippen MR) is 105 cm³/mol. The highest BCUT2D eigenvalue weighted by Gasteiger charge is 2.48. The van der Waals surface area contributed by atoms with Gasteiger partial charge in [0, 0.05) is 25.2 Å². The average molecular weight is 429 g/mol. The molecule has 1 aromatic heterocycles.